The summed E-state index contributed by atoms with van der Waals surface area (Å²) in [6.07, 6.45) is 96.2. The average molecular weight is 1160 g/mol. The van der Waals surface area contributed by atoms with Crippen LogP contribution in [0.25, 0.3) is 0 Å². The van der Waals surface area contributed by atoms with Gasteiger partial charge in [0.15, 0.2) is 6.10 Å². The molecule has 0 saturated carbocycles. The van der Waals surface area contributed by atoms with Crippen molar-refractivity contribution >= 4 is 17.9 Å². The highest BCUT2D eigenvalue weighted by molar-refractivity contribution is 5.72. The summed E-state index contributed by atoms with van der Waals surface area (Å²) in [7, 11) is 0. The molecule has 0 aromatic heterocycles. The van der Waals surface area contributed by atoms with Crippen molar-refractivity contribution in [2.75, 3.05) is 13.2 Å². The second-order valence-electron chi connectivity index (χ2n) is 23.8. The lowest BCUT2D eigenvalue weighted by atomic mass is 10.0. The second-order valence-corrected chi connectivity index (χ2v) is 23.8. The molecular weight excluding hydrogens is 1020 g/mol. The molecule has 478 valence electrons. The SMILES string of the molecule is CC/C=C\C/C=C\C/C=C\C/C=C\C/C=C\CC(=O)OCC(COC(=O)CCCCCCCCCCCCCCCCCCCCCCC/C=C\C/C=C\CCCCCCC)OC(=O)CCCCCCCCC/C=C\CCCCCCCC. The molecule has 1 unspecified atom stereocenters. The van der Waals surface area contributed by atoms with Gasteiger partial charge >= 0.3 is 17.9 Å². The van der Waals surface area contributed by atoms with E-state index >= 15 is 0 Å². The Morgan fingerprint density at radius 3 is 0.855 bits per heavy atom. The lowest BCUT2D eigenvalue weighted by Crippen LogP contribution is -2.30. The number of hydrogen-bond donors (Lipinski definition) is 0. The highest BCUT2D eigenvalue weighted by atomic mass is 16.6. The van der Waals surface area contributed by atoms with Crippen molar-refractivity contribution < 1.29 is 28.6 Å². The number of rotatable bonds is 65. The van der Waals surface area contributed by atoms with Gasteiger partial charge in [0.1, 0.15) is 13.2 Å². The molecule has 0 N–H and O–H groups in total. The number of carbonyl (C=O) groups excluding carboxylic acids is 3. The van der Waals surface area contributed by atoms with E-state index in [1.54, 1.807) is 6.08 Å². The standard InChI is InChI=1S/C77H134O6/c1-4-7-10-13-16-19-22-25-28-30-31-32-33-34-35-36-37-38-39-40-41-42-43-44-45-47-49-52-55-58-61-64-67-70-76(79)82-73-74(72-81-75(78)69-66-63-60-57-54-51-48-27-24-21-18-15-12-9-6-3)83-77(80)71-68-65-62-59-56-53-50-46-29-26-23-20-17-14-11-8-5-2/h9,12,18,21-22,25-27,29-31,48,54,57,63,66,74H,4-8,10-11,13-17,19-20,23-24,28,32-47,49-53,55-56,58-62,64-65,67-73H2,1-3H3/b12-9-,21-18-,25-22-,29-26-,31-30-,48-27-,57-54-,66-63-. The lowest BCUT2D eigenvalue weighted by Gasteiger charge is -2.18. The van der Waals surface area contributed by atoms with Crippen LogP contribution in [0.2, 0.25) is 0 Å². The van der Waals surface area contributed by atoms with Crippen LogP contribution in [0.3, 0.4) is 0 Å². The van der Waals surface area contributed by atoms with E-state index in [2.05, 4.69) is 106 Å². The summed E-state index contributed by atoms with van der Waals surface area (Å²) < 4.78 is 16.9. The van der Waals surface area contributed by atoms with Gasteiger partial charge in [0, 0.05) is 12.8 Å². The Morgan fingerprint density at radius 1 is 0.265 bits per heavy atom. The summed E-state index contributed by atoms with van der Waals surface area (Å²) in [6, 6.07) is 0. The van der Waals surface area contributed by atoms with Crippen molar-refractivity contribution in [2.45, 2.75) is 361 Å². The van der Waals surface area contributed by atoms with Gasteiger partial charge in [0.2, 0.25) is 0 Å². The summed E-state index contributed by atoms with van der Waals surface area (Å²) >= 11 is 0. The number of ether oxygens (including phenoxy) is 3. The van der Waals surface area contributed by atoms with Crippen molar-refractivity contribution in [3.8, 4) is 0 Å². The Bertz CT molecular complexity index is 1610. The summed E-state index contributed by atoms with van der Waals surface area (Å²) in [4.78, 5) is 38.3. The highest BCUT2D eigenvalue weighted by Crippen LogP contribution is 2.18. The van der Waals surface area contributed by atoms with Crippen LogP contribution in [0, 0.1) is 0 Å². The Labute approximate surface area is 515 Å². The first-order valence-electron chi connectivity index (χ1n) is 35.7. The molecule has 0 radical (unpaired) electrons. The maximum absolute atomic E-state index is 12.9. The minimum absolute atomic E-state index is 0.106. The third-order valence-electron chi connectivity index (χ3n) is 15.6. The van der Waals surface area contributed by atoms with Crippen LogP contribution in [-0.2, 0) is 28.6 Å². The Hall–Kier alpha value is -3.67. The maximum atomic E-state index is 12.9. The van der Waals surface area contributed by atoms with Gasteiger partial charge in [-0.05, 0) is 103 Å². The molecule has 0 aromatic rings. The zero-order valence-corrected chi connectivity index (χ0v) is 54.9. The van der Waals surface area contributed by atoms with Crippen LogP contribution >= 0.6 is 0 Å². The van der Waals surface area contributed by atoms with E-state index in [0.717, 1.165) is 77.0 Å². The molecule has 0 aromatic carbocycles. The minimum atomic E-state index is -0.820. The number of esters is 3. The van der Waals surface area contributed by atoms with Crippen LogP contribution in [-0.4, -0.2) is 37.2 Å². The molecule has 0 heterocycles. The molecule has 0 fully saturated rings. The minimum Gasteiger partial charge on any atom is -0.462 e. The third-order valence-corrected chi connectivity index (χ3v) is 15.6. The van der Waals surface area contributed by atoms with E-state index in [1.165, 1.54) is 238 Å². The molecule has 0 spiro atoms. The first kappa shape index (κ1) is 79.3. The van der Waals surface area contributed by atoms with Gasteiger partial charge in [-0.15, -0.1) is 0 Å². The van der Waals surface area contributed by atoms with Crippen LogP contribution in [0.1, 0.15) is 355 Å². The Balaban J connectivity index is 4.22. The van der Waals surface area contributed by atoms with Gasteiger partial charge < -0.3 is 14.2 Å². The van der Waals surface area contributed by atoms with E-state index < -0.39 is 12.1 Å². The number of hydrogen-bond acceptors (Lipinski definition) is 6. The molecule has 1 atom stereocenters. The average Bonchev–Trinajstić information content (AvgIpc) is 3.49. The zero-order chi connectivity index (χ0) is 59.9. The number of carbonyl (C=O) groups is 3. The summed E-state index contributed by atoms with van der Waals surface area (Å²) in [5, 5.41) is 0. The molecule has 6 heteroatoms. The summed E-state index contributed by atoms with van der Waals surface area (Å²) in [5.74, 6) is -1.03. The van der Waals surface area contributed by atoms with Crippen LogP contribution in [0.15, 0.2) is 97.2 Å². The van der Waals surface area contributed by atoms with Crippen molar-refractivity contribution in [2.24, 2.45) is 0 Å². The maximum Gasteiger partial charge on any atom is 0.309 e. The van der Waals surface area contributed by atoms with Crippen molar-refractivity contribution in [1.82, 2.24) is 0 Å². The largest absolute Gasteiger partial charge is 0.462 e. The van der Waals surface area contributed by atoms with Crippen LogP contribution < -0.4 is 0 Å². The predicted octanol–water partition coefficient (Wildman–Crippen LogP) is 24.8. The fourth-order valence-electron chi connectivity index (χ4n) is 10.3. The second kappa shape index (κ2) is 70.8. The van der Waals surface area contributed by atoms with Gasteiger partial charge in [0.05, 0.1) is 6.42 Å². The molecular formula is C77H134O6. The van der Waals surface area contributed by atoms with Gasteiger partial charge in [-0.3, -0.25) is 14.4 Å². The smallest absolute Gasteiger partial charge is 0.309 e. The molecule has 6 nitrogen and oxygen atoms in total. The third kappa shape index (κ3) is 69.0. The van der Waals surface area contributed by atoms with Gasteiger partial charge in [-0.2, -0.15) is 0 Å². The zero-order valence-electron chi connectivity index (χ0n) is 54.9. The quantitative estimate of drug-likeness (QED) is 0.0261. The van der Waals surface area contributed by atoms with E-state index in [9.17, 15) is 14.4 Å². The Morgan fingerprint density at radius 2 is 0.518 bits per heavy atom. The molecule has 0 rings (SSSR count). The normalized spacial score (nSPS) is 12.7. The first-order chi connectivity index (χ1) is 41.0. The summed E-state index contributed by atoms with van der Waals surface area (Å²) in [5.41, 5.74) is 0. The predicted molar refractivity (Wildman–Crippen MR) is 362 cm³/mol. The van der Waals surface area contributed by atoms with Crippen molar-refractivity contribution in [3.63, 3.8) is 0 Å². The lowest BCUT2D eigenvalue weighted by molar-refractivity contribution is -0.166. The van der Waals surface area contributed by atoms with E-state index in [1.807, 2.05) is 6.08 Å². The van der Waals surface area contributed by atoms with Crippen molar-refractivity contribution in [3.05, 3.63) is 97.2 Å². The summed E-state index contributed by atoms with van der Waals surface area (Å²) in [6.45, 7) is 6.46. The fraction of sp³-hybridized carbons (Fsp3) is 0.753. The first-order valence-corrected chi connectivity index (χ1v) is 35.7. The molecule has 0 saturated heterocycles. The van der Waals surface area contributed by atoms with Crippen LogP contribution in [0.4, 0.5) is 0 Å². The fourth-order valence-corrected chi connectivity index (χ4v) is 10.3. The molecule has 0 aliphatic carbocycles. The number of unbranched alkanes of at least 4 members (excludes halogenated alkanes) is 39. The van der Waals surface area contributed by atoms with Crippen LogP contribution in [0.5, 0.6) is 0 Å². The topological polar surface area (TPSA) is 78.9 Å². The van der Waals surface area contributed by atoms with Gasteiger partial charge in [-0.1, -0.05) is 330 Å². The number of allylic oxidation sites excluding steroid dienone is 15. The molecule has 0 bridgehead atoms. The molecule has 0 aliphatic heterocycles. The van der Waals surface area contributed by atoms with E-state index in [4.69, 9.17) is 14.2 Å². The van der Waals surface area contributed by atoms with Gasteiger partial charge in [-0.25, -0.2) is 0 Å². The Kier molecular flexibility index (Phi) is 67.7. The molecule has 0 aliphatic rings. The monoisotopic (exact) mass is 1160 g/mol. The van der Waals surface area contributed by atoms with Crippen molar-refractivity contribution in [1.29, 1.82) is 0 Å². The van der Waals surface area contributed by atoms with Gasteiger partial charge in [0.25, 0.3) is 0 Å². The molecule has 0 amide bonds. The van der Waals surface area contributed by atoms with E-state index in [-0.39, 0.29) is 31.6 Å². The highest BCUT2D eigenvalue weighted by Gasteiger charge is 2.19. The van der Waals surface area contributed by atoms with E-state index in [0.29, 0.717) is 12.8 Å². The molecule has 83 heavy (non-hydrogen) atoms.